The van der Waals surface area contributed by atoms with Gasteiger partial charge in [-0.05, 0) is 24.6 Å². The first-order valence-corrected chi connectivity index (χ1v) is 7.83. The summed E-state index contributed by atoms with van der Waals surface area (Å²) in [5.41, 5.74) is -0.486. The van der Waals surface area contributed by atoms with Crippen LogP contribution in [-0.2, 0) is 4.74 Å². The van der Waals surface area contributed by atoms with Gasteiger partial charge in [0.15, 0.2) is 17.7 Å². The van der Waals surface area contributed by atoms with Crippen LogP contribution in [0.3, 0.4) is 0 Å². The molecular weight excluding hydrogens is 330 g/mol. The fraction of sp³-hybridized carbons (Fsp3) is 0.533. The molecule has 1 unspecified atom stereocenters. The van der Waals surface area contributed by atoms with Crippen LogP contribution in [0.15, 0.2) is 16.4 Å². The van der Waals surface area contributed by atoms with Crippen molar-refractivity contribution in [2.75, 3.05) is 26.3 Å². The molecule has 2 N–H and O–H groups in total. The number of morpholine rings is 1. The maximum absolute atomic E-state index is 12.2. The van der Waals surface area contributed by atoms with Gasteiger partial charge in [0.2, 0.25) is 5.69 Å². The minimum atomic E-state index is -0.843. The van der Waals surface area contributed by atoms with Crippen molar-refractivity contribution in [3.05, 3.63) is 38.2 Å². The lowest BCUT2D eigenvalue weighted by molar-refractivity contribution is -0.721. The van der Waals surface area contributed by atoms with E-state index in [-0.39, 0.29) is 27.3 Å². The maximum Gasteiger partial charge on any atom is 0.265 e. The molecule has 0 aromatic carbocycles. The van der Waals surface area contributed by atoms with Gasteiger partial charge in [0, 0.05) is 6.08 Å². The quantitative estimate of drug-likeness (QED) is 0.356. The molecule has 1 atom stereocenters. The van der Waals surface area contributed by atoms with Crippen molar-refractivity contribution in [2.45, 2.75) is 19.8 Å². The molecule has 10 heteroatoms. The maximum atomic E-state index is 12.2. The first-order valence-electron chi connectivity index (χ1n) is 7.83. The van der Waals surface area contributed by atoms with Gasteiger partial charge >= 0.3 is 0 Å². The van der Waals surface area contributed by atoms with E-state index in [1.54, 1.807) is 0 Å². The van der Waals surface area contributed by atoms with E-state index in [1.165, 1.54) is 6.08 Å². The Morgan fingerprint density at radius 2 is 2.16 bits per heavy atom. The number of nitrogens with one attached hydrogen (secondary N) is 2. The fourth-order valence-electron chi connectivity index (χ4n) is 3.41. The van der Waals surface area contributed by atoms with E-state index in [0.29, 0.717) is 26.3 Å². The van der Waals surface area contributed by atoms with E-state index in [4.69, 9.17) is 14.8 Å². The second-order valence-electron chi connectivity index (χ2n) is 6.61. The van der Waals surface area contributed by atoms with Gasteiger partial charge in [0.05, 0.1) is 15.9 Å². The standard InChI is InChI=1S/C15H19N5O5/c1-15(2,9-18-3-5-24-6-4-18)12-11(19(21)22)7-10(8-16)13-14(12)20(23)25-17-13/h7,9,12,16-17H,3-6H2,1-2H3/q+2. The number of allylic oxidation sites excluding steroid dienone is 3. The van der Waals surface area contributed by atoms with E-state index < -0.39 is 16.3 Å². The molecule has 0 bridgehead atoms. The second kappa shape index (κ2) is 6.23. The number of ether oxygens (including phenoxy) is 1. The highest BCUT2D eigenvalue weighted by Gasteiger charge is 2.52. The van der Waals surface area contributed by atoms with E-state index in [9.17, 15) is 15.0 Å². The van der Waals surface area contributed by atoms with Crippen molar-refractivity contribution >= 4 is 17.7 Å². The number of aromatic amines is 1. The Morgan fingerprint density at radius 3 is 2.76 bits per heavy atom. The van der Waals surface area contributed by atoms with Crippen molar-refractivity contribution in [3.8, 4) is 0 Å². The molecule has 1 fully saturated rings. The number of H-pyrrole nitrogens is 1. The van der Waals surface area contributed by atoms with E-state index in [2.05, 4.69) is 11.0 Å². The van der Waals surface area contributed by atoms with Crippen molar-refractivity contribution in [1.82, 2.24) is 5.16 Å². The Morgan fingerprint density at radius 1 is 1.48 bits per heavy atom. The molecule has 2 heterocycles. The van der Waals surface area contributed by atoms with Gasteiger partial charge in [0.25, 0.3) is 11.4 Å². The van der Waals surface area contributed by atoms with Crippen LogP contribution in [0.2, 0.25) is 0 Å². The fourth-order valence-corrected chi connectivity index (χ4v) is 3.41. The summed E-state index contributed by atoms with van der Waals surface area (Å²) in [6.07, 6.45) is 3.17. The molecule has 10 nitrogen and oxygen atoms in total. The van der Waals surface area contributed by atoms with Crippen molar-refractivity contribution in [2.24, 2.45) is 5.41 Å². The first-order chi connectivity index (χ1) is 11.8. The third-order valence-corrected chi connectivity index (χ3v) is 4.46. The monoisotopic (exact) mass is 349 g/mol. The molecule has 1 aliphatic heterocycles. The van der Waals surface area contributed by atoms with Gasteiger partial charge in [-0.1, -0.05) is 9.79 Å². The smallest absolute Gasteiger partial charge is 0.265 e. The summed E-state index contributed by atoms with van der Waals surface area (Å²) in [5, 5.41) is 21.4. The highest BCUT2D eigenvalue weighted by Crippen LogP contribution is 2.44. The molecule has 0 saturated carbocycles. The average Bonchev–Trinajstić information content (AvgIpc) is 2.95. The molecule has 0 radical (unpaired) electrons. The lowest BCUT2D eigenvalue weighted by atomic mass is 9.72. The van der Waals surface area contributed by atoms with Crippen LogP contribution in [-0.4, -0.2) is 53.0 Å². The molecule has 25 heavy (non-hydrogen) atoms. The lowest BCUT2D eigenvalue weighted by Gasteiger charge is -2.26. The largest absolute Gasteiger partial charge is 0.368 e. The van der Waals surface area contributed by atoms with Gasteiger partial charge in [-0.2, -0.15) is 0 Å². The molecule has 132 valence electrons. The molecule has 0 amide bonds. The first kappa shape index (κ1) is 17.0. The van der Waals surface area contributed by atoms with E-state index >= 15 is 0 Å². The van der Waals surface area contributed by atoms with Gasteiger partial charge in [0.1, 0.15) is 25.3 Å². The molecule has 2 aliphatic rings. The molecule has 3 rings (SSSR count). The van der Waals surface area contributed by atoms with Crippen LogP contribution in [0, 0.1) is 25.8 Å². The number of fused-ring (bicyclic) bond motifs is 1. The predicted octanol–water partition coefficient (Wildman–Crippen LogP) is 0.552. The SMILES string of the molecule is CC(C)(C=[N+]1CCOCC1)C1C([N+](=O)[O-])=CC(=C=N)c2[nH]o[n+](=O)c21. The summed E-state index contributed by atoms with van der Waals surface area (Å²) >= 11 is 0. The van der Waals surface area contributed by atoms with Gasteiger partial charge < -0.3 is 4.74 Å². The minimum Gasteiger partial charge on any atom is -0.368 e. The lowest BCUT2D eigenvalue weighted by Crippen LogP contribution is -2.40. The number of hydrogen-bond acceptors (Lipinski definition) is 6. The van der Waals surface area contributed by atoms with Crippen LogP contribution in [0.25, 0.3) is 5.57 Å². The number of nitrogens with zero attached hydrogens (tertiary/aromatic N) is 3. The number of hydrogen-bond donors (Lipinski definition) is 2. The molecule has 1 aromatic heterocycles. The summed E-state index contributed by atoms with van der Waals surface area (Å²) < 4.78 is 12.4. The van der Waals surface area contributed by atoms with Crippen molar-refractivity contribution in [1.29, 1.82) is 5.41 Å². The van der Waals surface area contributed by atoms with Gasteiger partial charge in [-0.3, -0.25) is 15.5 Å². The van der Waals surface area contributed by atoms with Crippen LogP contribution >= 0.6 is 0 Å². The summed E-state index contributed by atoms with van der Waals surface area (Å²) in [6, 6.07) is 0. The van der Waals surface area contributed by atoms with Crippen molar-refractivity contribution in [3.63, 3.8) is 0 Å². The normalized spacial score (nSPS) is 20.6. The zero-order valence-electron chi connectivity index (χ0n) is 13.9. The van der Waals surface area contributed by atoms with Crippen molar-refractivity contribution < 1.29 is 23.5 Å². The summed E-state index contributed by atoms with van der Waals surface area (Å²) in [5.74, 6) is 1.27. The van der Waals surface area contributed by atoms with Crippen LogP contribution in [0.5, 0.6) is 0 Å². The van der Waals surface area contributed by atoms with Gasteiger partial charge in [-0.15, -0.1) is 0 Å². The topological polar surface area (TPSA) is 131 Å². The molecule has 1 aromatic rings. The molecule has 0 spiro atoms. The molecule has 1 saturated heterocycles. The Balaban J connectivity index is 2.17. The number of nitro groups is 1. The summed E-state index contributed by atoms with van der Waals surface area (Å²) in [7, 11) is 0. The Labute approximate surface area is 142 Å². The van der Waals surface area contributed by atoms with Crippen LogP contribution < -0.4 is 4.60 Å². The highest BCUT2D eigenvalue weighted by atomic mass is 16.7. The zero-order valence-corrected chi connectivity index (χ0v) is 13.9. The Kier molecular flexibility index (Phi) is 4.23. The van der Waals surface area contributed by atoms with Crippen LogP contribution in [0.4, 0.5) is 0 Å². The van der Waals surface area contributed by atoms with E-state index in [0.717, 1.165) is 0 Å². The number of aromatic nitrogens is 2. The Bertz CT molecular complexity index is 876. The molecular formula is C15H19N5O5+2. The summed E-state index contributed by atoms with van der Waals surface area (Å²) in [6.45, 7) is 6.20. The van der Waals surface area contributed by atoms with E-state index in [1.807, 2.05) is 24.6 Å². The third kappa shape index (κ3) is 2.97. The average molecular weight is 349 g/mol. The second-order valence-corrected chi connectivity index (χ2v) is 6.61. The minimum absolute atomic E-state index is 0.0819. The van der Waals surface area contributed by atoms with Gasteiger partial charge in [-0.25, -0.2) is 4.58 Å². The predicted molar refractivity (Wildman–Crippen MR) is 86.0 cm³/mol. The highest BCUT2D eigenvalue weighted by molar-refractivity contribution is 5.95. The third-order valence-electron chi connectivity index (χ3n) is 4.46. The Hall–Kier alpha value is -2.84. The van der Waals surface area contributed by atoms with Crippen LogP contribution in [0.1, 0.15) is 31.2 Å². The summed E-state index contributed by atoms with van der Waals surface area (Å²) in [4.78, 5) is 23.3. The number of rotatable bonds is 3. The molecule has 1 aliphatic carbocycles. The zero-order chi connectivity index (χ0) is 18.2.